The fraction of sp³-hybridized carbons (Fsp3) is 0.240. The summed E-state index contributed by atoms with van der Waals surface area (Å²) in [6.07, 6.45) is 1.90. The molecule has 2 aromatic heterocycles. The number of thioether (sulfide) groups is 1. The second-order valence-electron chi connectivity index (χ2n) is 7.89. The summed E-state index contributed by atoms with van der Waals surface area (Å²) in [7, 11) is 0. The molecule has 0 aliphatic heterocycles. The topological polar surface area (TPSA) is 64.0 Å². The third-order valence-electron chi connectivity index (χ3n) is 5.39. The van der Waals surface area contributed by atoms with Crippen molar-refractivity contribution >= 4 is 72.4 Å². The first kappa shape index (κ1) is 25.0. The van der Waals surface area contributed by atoms with Crippen molar-refractivity contribution in [2.45, 2.75) is 38.8 Å². The summed E-state index contributed by atoms with van der Waals surface area (Å²) in [6, 6.07) is 12.8. The maximum absolute atomic E-state index is 13.7. The molecule has 2 heterocycles. The number of nitrogens with one attached hydrogen (secondary N) is 1. The van der Waals surface area contributed by atoms with Gasteiger partial charge in [-0.15, -0.1) is 11.3 Å². The molecule has 9 heteroatoms. The van der Waals surface area contributed by atoms with Crippen LogP contribution < -0.4 is 10.9 Å². The van der Waals surface area contributed by atoms with Gasteiger partial charge in [0.05, 0.1) is 16.8 Å². The molecule has 0 radical (unpaired) electrons. The van der Waals surface area contributed by atoms with Crippen molar-refractivity contribution < 1.29 is 4.79 Å². The molecule has 176 valence electrons. The van der Waals surface area contributed by atoms with Crippen molar-refractivity contribution in [2.24, 2.45) is 0 Å². The minimum Gasteiger partial charge on any atom is -0.325 e. The number of anilines is 1. The van der Waals surface area contributed by atoms with Gasteiger partial charge in [-0.05, 0) is 73.9 Å². The SMILES string of the molecule is CCCc1sc2nc(SCC(=O)Nc3ccc(Br)cc3C)n(-c3ccc(Cl)cc3)c(=O)c2c1C. The van der Waals surface area contributed by atoms with Gasteiger partial charge < -0.3 is 5.32 Å². The zero-order valence-corrected chi connectivity index (χ0v) is 22.9. The highest BCUT2D eigenvalue weighted by atomic mass is 79.9. The average Bonchev–Trinajstić information content (AvgIpc) is 3.11. The lowest BCUT2D eigenvalue weighted by atomic mass is 10.1. The summed E-state index contributed by atoms with van der Waals surface area (Å²) >= 11 is 12.3. The predicted molar refractivity (Wildman–Crippen MR) is 147 cm³/mol. The maximum atomic E-state index is 13.7. The van der Waals surface area contributed by atoms with E-state index in [1.807, 2.05) is 32.0 Å². The van der Waals surface area contributed by atoms with Gasteiger partial charge in [-0.2, -0.15) is 0 Å². The third kappa shape index (κ3) is 5.25. The van der Waals surface area contributed by atoms with Crippen LogP contribution in [0.2, 0.25) is 5.02 Å². The van der Waals surface area contributed by atoms with Crippen LogP contribution in [-0.4, -0.2) is 21.2 Å². The molecular weight excluding hydrogens is 554 g/mol. The lowest BCUT2D eigenvalue weighted by molar-refractivity contribution is -0.113. The quantitative estimate of drug-likeness (QED) is 0.187. The van der Waals surface area contributed by atoms with Gasteiger partial charge in [0.25, 0.3) is 5.56 Å². The van der Waals surface area contributed by atoms with Crippen LogP contribution in [0.25, 0.3) is 15.9 Å². The number of carbonyl (C=O) groups is 1. The Morgan fingerprint density at radius 3 is 2.62 bits per heavy atom. The minimum absolute atomic E-state index is 0.118. The van der Waals surface area contributed by atoms with Crippen molar-refractivity contribution in [3.05, 3.63) is 78.3 Å². The number of aryl methyl sites for hydroxylation is 3. The summed E-state index contributed by atoms with van der Waals surface area (Å²) in [5.74, 6) is -0.0470. The Bertz CT molecular complexity index is 1430. The average molecular weight is 577 g/mol. The highest BCUT2D eigenvalue weighted by molar-refractivity contribution is 9.10. The number of carbonyl (C=O) groups excluding carboxylic acids is 1. The Kier molecular flexibility index (Phi) is 7.82. The highest BCUT2D eigenvalue weighted by Gasteiger charge is 2.20. The van der Waals surface area contributed by atoms with Crippen LogP contribution in [-0.2, 0) is 11.2 Å². The van der Waals surface area contributed by atoms with Gasteiger partial charge in [-0.3, -0.25) is 14.2 Å². The van der Waals surface area contributed by atoms with E-state index in [9.17, 15) is 9.59 Å². The highest BCUT2D eigenvalue weighted by Crippen LogP contribution is 2.31. The van der Waals surface area contributed by atoms with E-state index >= 15 is 0 Å². The van der Waals surface area contributed by atoms with Crippen LogP contribution in [0.15, 0.2) is 56.9 Å². The fourth-order valence-corrected chi connectivity index (χ4v) is 6.41. The summed E-state index contributed by atoms with van der Waals surface area (Å²) in [5.41, 5.74) is 3.24. The third-order valence-corrected chi connectivity index (χ3v) is 8.32. The minimum atomic E-state index is -0.165. The van der Waals surface area contributed by atoms with Gasteiger partial charge in [0.15, 0.2) is 5.16 Å². The molecule has 0 saturated carbocycles. The van der Waals surface area contributed by atoms with E-state index in [0.717, 1.165) is 34.1 Å². The molecule has 0 aliphatic carbocycles. The molecule has 0 bridgehead atoms. The molecule has 0 unspecified atom stereocenters. The van der Waals surface area contributed by atoms with Crippen molar-refractivity contribution in [3.8, 4) is 5.69 Å². The first-order valence-electron chi connectivity index (χ1n) is 10.8. The van der Waals surface area contributed by atoms with Crippen molar-refractivity contribution in [1.29, 1.82) is 0 Å². The standard InChI is InChI=1S/C25H23BrClN3O2S2/c1-4-5-20-15(3)22-23(34-20)29-25(30(24(22)32)18-9-7-17(27)8-10-18)33-13-21(31)28-19-11-6-16(26)12-14(19)2/h6-12H,4-5,13H2,1-3H3,(H,28,31). The number of halogens is 2. The van der Waals surface area contributed by atoms with Gasteiger partial charge >= 0.3 is 0 Å². The van der Waals surface area contributed by atoms with Crippen LogP contribution in [0.1, 0.15) is 29.3 Å². The van der Waals surface area contributed by atoms with Crippen LogP contribution in [0, 0.1) is 13.8 Å². The van der Waals surface area contributed by atoms with E-state index in [1.54, 1.807) is 40.2 Å². The Hall–Kier alpha value is -2.13. The molecule has 34 heavy (non-hydrogen) atoms. The molecule has 5 nitrogen and oxygen atoms in total. The van der Waals surface area contributed by atoms with E-state index in [0.29, 0.717) is 26.1 Å². The maximum Gasteiger partial charge on any atom is 0.267 e. The first-order valence-corrected chi connectivity index (χ1v) is 13.8. The fourth-order valence-electron chi connectivity index (χ4n) is 3.67. The van der Waals surface area contributed by atoms with Gasteiger partial charge in [0, 0.05) is 20.1 Å². The van der Waals surface area contributed by atoms with Crippen LogP contribution in [0.3, 0.4) is 0 Å². The monoisotopic (exact) mass is 575 g/mol. The number of aromatic nitrogens is 2. The first-order chi connectivity index (χ1) is 16.3. The number of fused-ring (bicyclic) bond motifs is 1. The molecule has 0 spiro atoms. The van der Waals surface area contributed by atoms with Gasteiger partial charge in [-0.25, -0.2) is 4.98 Å². The molecule has 0 aliphatic rings. The zero-order chi connectivity index (χ0) is 24.4. The number of hydrogen-bond donors (Lipinski definition) is 1. The Morgan fingerprint density at radius 1 is 1.21 bits per heavy atom. The number of thiophene rings is 1. The molecule has 2 aromatic carbocycles. The predicted octanol–water partition coefficient (Wildman–Crippen LogP) is 7.16. The van der Waals surface area contributed by atoms with Crippen molar-refractivity contribution in [1.82, 2.24) is 9.55 Å². The number of amides is 1. The lowest BCUT2D eigenvalue weighted by Crippen LogP contribution is -2.23. The Labute approximate surface area is 219 Å². The number of hydrogen-bond acceptors (Lipinski definition) is 5. The molecule has 0 fully saturated rings. The van der Waals surface area contributed by atoms with Gasteiger partial charge in [-0.1, -0.05) is 52.6 Å². The lowest BCUT2D eigenvalue weighted by Gasteiger charge is -2.13. The molecule has 4 aromatic rings. The van der Waals surface area contributed by atoms with Gasteiger partial charge in [0.2, 0.25) is 5.91 Å². The summed E-state index contributed by atoms with van der Waals surface area (Å²) in [6.45, 7) is 6.05. The Balaban J connectivity index is 1.71. The molecular formula is C25H23BrClN3O2S2. The molecule has 1 N–H and O–H groups in total. The van der Waals surface area contributed by atoms with E-state index in [2.05, 4.69) is 28.2 Å². The largest absolute Gasteiger partial charge is 0.325 e. The molecule has 1 amide bonds. The summed E-state index contributed by atoms with van der Waals surface area (Å²) in [5, 5.41) is 4.65. The van der Waals surface area contributed by atoms with E-state index < -0.39 is 0 Å². The summed E-state index contributed by atoms with van der Waals surface area (Å²) < 4.78 is 2.53. The van der Waals surface area contributed by atoms with E-state index in [4.69, 9.17) is 16.6 Å². The molecule has 0 atom stereocenters. The van der Waals surface area contributed by atoms with E-state index in [1.165, 1.54) is 16.6 Å². The normalized spacial score (nSPS) is 11.2. The zero-order valence-electron chi connectivity index (χ0n) is 18.9. The molecule has 4 rings (SSSR count). The van der Waals surface area contributed by atoms with Crippen LogP contribution in [0.4, 0.5) is 5.69 Å². The van der Waals surface area contributed by atoms with E-state index in [-0.39, 0.29) is 17.2 Å². The second-order valence-corrected chi connectivity index (χ2v) is 11.3. The second kappa shape index (κ2) is 10.6. The van der Waals surface area contributed by atoms with Crippen LogP contribution >= 0.6 is 50.6 Å². The number of rotatable bonds is 7. The smallest absolute Gasteiger partial charge is 0.267 e. The van der Waals surface area contributed by atoms with Crippen molar-refractivity contribution in [2.75, 3.05) is 11.1 Å². The summed E-state index contributed by atoms with van der Waals surface area (Å²) in [4.78, 5) is 33.1. The van der Waals surface area contributed by atoms with Crippen LogP contribution in [0.5, 0.6) is 0 Å². The number of nitrogens with zero attached hydrogens (tertiary/aromatic N) is 2. The van der Waals surface area contributed by atoms with Gasteiger partial charge in [0.1, 0.15) is 4.83 Å². The van der Waals surface area contributed by atoms with Crippen molar-refractivity contribution in [3.63, 3.8) is 0 Å². The number of benzene rings is 2. The molecule has 0 saturated heterocycles. The Morgan fingerprint density at radius 2 is 1.94 bits per heavy atom.